The minimum atomic E-state index is -0.759. The first kappa shape index (κ1) is 14.7. The predicted molar refractivity (Wildman–Crippen MR) is 73.7 cm³/mol. The van der Waals surface area contributed by atoms with Gasteiger partial charge in [-0.05, 0) is 30.0 Å². The van der Waals surface area contributed by atoms with Gasteiger partial charge in [0.1, 0.15) is 0 Å². The smallest absolute Gasteiger partial charge is 0.303 e. The van der Waals surface area contributed by atoms with E-state index in [9.17, 15) is 4.79 Å². The highest BCUT2D eigenvalue weighted by Crippen LogP contribution is 2.36. The number of hydrogen-bond acceptors (Lipinski definition) is 2. The van der Waals surface area contributed by atoms with Gasteiger partial charge >= 0.3 is 5.97 Å². The van der Waals surface area contributed by atoms with E-state index in [-0.39, 0.29) is 17.9 Å². The molecule has 1 unspecified atom stereocenters. The number of hydrogen-bond donors (Lipinski definition) is 2. The van der Waals surface area contributed by atoms with Crippen molar-refractivity contribution in [1.82, 2.24) is 5.32 Å². The van der Waals surface area contributed by atoms with Gasteiger partial charge in [0, 0.05) is 6.04 Å². The molecule has 0 aliphatic carbocycles. The summed E-state index contributed by atoms with van der Waals surface area (Å²) < 4.78 is 0. The molecule has 1 atom stereocenters. The third-order valence-corrected chi connectivity index (χ3v) is 3.40. The van der Waals surface area contributed by atoms with Crippen molar-refractivity contribution in [3.8, 4) is 0 Å². The number of carbonyl (C=O) groups is 1. The number of rotatable bonds is 6. The third kappa shape index (κ3) is 3.57. The summed E-state index contributed by atoms with van der Waals surface area (Å²) in [7, 11) is 1.88. The maximum absolute atomic E-state index is 10.9. The number of aryl methyl sites for hydroxylation is 1. The maximum atomic E-state index is 10.9. The molecule has 0 heterocycles. The number of benzene rings is 1. The van der Waals surface area contributed by atoms with Gasteiger partial charge in [0.15, 0.2) is 0 Å². The molecule has 0 saturated heterocycles. The monoisotopic (exact) mass is 249 g/mol. The Balaban J connectivity index is 2.97. The molecule has 0 aliphatic rings. The van der Waals surface area contributed by atoms with E-state index < -0.39 is 5.97 Å². The fourth-order valence-corrected chi connectivity index (χ4v) is 2.45. The minimum absolute atomic E-state index is 0.0412. The first-order chi connectivity index (χ1) is 8.40. The predicted octanol–water partition coefficient (Wildman–Crippen LogP) is 3.01. The topological polar surface area (TPSA) is 49.3 Å². The lowest BCUT2D eigenvalue weighted by Crippen LogP contribution is -2.33. The molecule has 0 spiro atoms. The van der Waals surface area contributed by atoms with E-state index in [0.29, 0.717) is 0 Å². The van der Waals surface area contributed by atoms with Crippen LogP contribution in [-0.4, -0.2) is 18.1 Å². The average Bonchev–Trinajstić information content (AvgIpc) is 2.28. The van der Waals surface area contributed by atoms with Crippen LogP contribution >= 0.6 is 0 Å². The zero-order chi connectivity index (χ0) is 13.8. The zero-order valence-corrected chi connectivity index (χ0v) is 11.7. The standard InChI is InChI=1S/C15H23NO2/c1-5-11-6-8-12(9-7-11)14(16-4)15(2,3)10-13(17)18/h6-9,14,16H,5,10H2,1-4H3,(H,17,18). The molecular weight excluding hydrogens is 226 g/mol. The normalized spacial score (nSPS) is 13.3. The Labute approximate surface area is 109 Å². The van der Waals surface area contributed by atoms with Crippen molar-refractivity contribution < 1.29 is 9.90 Å². The highest BCUT2D eigenvalue weighted by molar-refractivity contribution is 5.67. The molecule has 0 aromatic heterocycles. The van der Waals surface area contributed by atoms with E-state index in [0.717, 1.165) is 12.0 Å². The highest BCUT2D eigenvalue weighted by Gasteiger charge is 2.31. The quantitative estimate of drug-likeness (QED) is 0.814. The first-order valence-corrected chi connectivity index (χ1v) is 6.38. The Bertz CT molecular complexity index is 395. The van der Waals surface area contributed by atoms with Crippen molar-refractivity contribution in [2.75, 3.05) is 7.05 Å². The summed E-state index contributed by atoms with van der Waals surface area (Å²) in [6.07, 6.45) is 1.16. The van der Waals surface area contributed by atoms with Gasteiger partial charge in [-0.15, -0.1) is 0 Å². The molecule has 0 amide bonds. The molecule has 0 fully saturated rings. The van der Waals surface area contributed by atoms with Crippen LogP contribution in [-0.2, 0) is 11.2 Å². The summed E-state index contributed by atoms with van der Waals surface area (Å²) in [4.78, 5) is 10.9. The van der Waals surface area contributed by atoms with Crippen LogP contribution in [0.15, 0.2) is 24.3 Å². The van der Waals surface area contributed by atoms with Gasteiger partial charge in [0.05, 0.1) is 6.42 Å². The molecule has 3 nitrogen and oxygen atoms in total. The molecule has 0 bridgehead atoms. The van der Waals surface area contributed by atoms with E-state index in [1.165, 1.54) is 5.56 Å². The van der Waals surface area contributed by atoms with E-state index in [4.69, 9.17) is 5.11 Å². The van der Waals surface area contributed by atoms with E-state index in [2.05, 4.69) is 36.5 Å². The summed E-state index contributed by atoms with van der Waals surface area (Å²) in [5.74, 6) is -0.759. The molecule has 18 heavy (non-hydrogen) atoms. The molecule has 0 saturated carbocycles. The lowest BCUT2D eigenvalue weighted by molar-refractivity contribution is -0.139. The lowest BCUT2D eigenvalue weighted by Gasteiger charge is -2.33. The van der Waals surface area contributed by atoms with Crippen molar-refractivity contribution in [2.24, 2.45) is 5.41 Å². The Morgan fingerprint density at radius 2 is 1.89 bits per heavy atom. The third-order valence-electron chi connectivity index (χ3n) is 3.40. The van der Waals surface area contributed by atoms with Crippen LogP contribution in [0.4, 0.5) is 0 Å². The Kier molecular flexibility index (Phi) is 4.91. The van der Waals surface area contributed by atoms with E-state index in [1.54, 1.807) is 0 Å². The van der Waals surface area contributed by atoms with E-state index in [1.807, 2.05) is 20.9 Å². The van der Waals surface area contributed by atoms with Crippen LogP contribution in [0.3, 0.4) is 0 Å². The Hall–Kier alpha value is -1.35. The molecule has 1 aromatic rings. The molecule has 100 valence electrons. The average molecular weight is 249 g/mol. The molecule has 3 heteroatoms. The van der Waals surface area contributed by atoms with Gasteiger partial charge in [-0.3, -0.25) is 4.79 Å². The van der Waals surface area contributed by atoms with Crippen molar-refractivity contribution in [3.63, 3.8) is 0 Å². The van der Waals surface area contributed by atoms with Crippen LogP contribution < -0.4 is 5.32 Å². The summed E-state index contributed by atoms with van der Waals surface area (Å²) in [6, 6.07) is 8.43. The van der Waals surface area contributed by atoms with Gasteiger partial charge < -0.3 is 10.4 Å². The summed E-state index contributed by atoms with van der Waals surface area (Å²) in [5, 5.41) is 12.2. The zero-order valence-electron chi connectivity index (χ0n) is 11.7. The second kappa shape index (κ2) is 6.01. The molecule has 1 rings (SSSR count). The van der Waals surface area contributed by atoms with Gasteiger partial charge in [-0.2, -0.15) is 0 Å². The molecule has 0 aliphatic heterocycles. The van der Waals surface area contributed by atoms with Crippen molar-refractivity contribution in [2.45, 2.75) is 39.7 Å². The number of carboxylic acids is 1. The Morgan fingerprint density at radius 1 is 1.33 bits per heavy atom. The molecule has 0 radical (unpaired) electrons. The summed E-state index contributed by atoms with van der Waals surface area (Å²) in [6.45, 7) is 6.09. The largest absolute Gasteiger partial charge is 0.481 e. The minimum Gasteiger partial charge on any atom is -0.481 e. The van der Waals surface area contributed by atoms with Crippen molar-refractivity contribution in [1.29, 1.82) is 0 Å². The number of nitrogens with one attached hydrogen (secondary N) is 1. The van der Waals surface area contributed by atoms with E-state index >= 15 is 0 Å². The number of aliphatic carboxylic acids is 1. The summed E-state index contributed by atoms with van der Waals surface area (Å²) in [5.41, 5.74) is 2.11. The van der Waals surface area contributed by atoms with Gasteiger partial charge in [-0.25, -0.2) is 0 Å². The lowest BCUT2D eigenvalue weighted by atomic mass is 9.77. The fraction of sp³-hybridized carbons (Fsp3) is 0.533. The second-order valence-corrected chi connectivity index (χ2v) is 5.38. The van der Waals surface area contributed by atoms with Gasteiger partial charge in [0.2, 0.25) is 0 Å². The van der Waals surface area contributed by atoms with Crippen LogP contribution in [0, 0.1) is 5.41 Å². The number of carboxylic acid groups (broad SMARTS) is 1. The summed E-state index contributed by atoms with van der Waals surface area (Å²) >= 11 is 0. The SMILES string of the molecule is CCc1ccc(C(NC)C(C)(C)CC(=O)O)cc1. The Morgan fingerprint density at radius 3 is 2.28 bits per heavy atom. The molecule has 1 aromatic carbocycles. The highest BCUT2D eigenvalue weighted by atomic mass is 16.4. The molecular formula is C15H23NO2. The first-order valence-electron chi connectivity index (χ1n) is 6.38. The van der Waals surface area contributed by atoms with Gasteiger partial charge in [-0.1, -0.05) is 45.0 Å². The van der Waals surface area contributed by atoms with Crippen LogP contribution in [0.1, 0.15) is 44.4 Å². The van der Waals surface area contributed by atoms with Gasteiger partial charge in [0.25, 0.3) is 0 Å². The maximum Gasteiger partial charge on any atom is 0.303 e. The fourth-order valence-electron chi connectivity index (χ4n) is 2.45. The molecule has 2 N–H and O–H groups in total. The second-order valence-electron chi connectivity index (χ2n) is 5.38. The van der Waals surface area contributed by atoms with Crippen molar-refractivity contribution in [3.05, 3.63) is 35.4 Å². The van der Waals surface area contributed by atoms with Crippen LogP contribution in [0.25, 0.3) is 0 Å². The van der Waals surface area contributed by atoms with Crippen LogP contribution in [0.5, 0.6) is 0 Å². The van der Waals surface area contributed by atoms with Crippen LogP contribution in [0.2, 0.25) is 0 Å². The van der Waals surface area contributed by atoms with Crippen molar-refractivity contribution >= 4 is 5.97 Å².